The van der Waals surface area contributed by atoms with Crippen LogP contribution in [0, 0.1) is 0 Å². The van der Waals surface area contributed by atoms with Crippen molar-refractivity contribution in [3.63, 3.8) is 0 Å². The molecule has 0 saturated heterocycles. The molecule has 0 aliphatic carbocycles. The van der Waals surface area contributed by atoms with E-state index in [9.17, 15) is 0 Å². The normalized spacial score (nSPS) is 9.94. The van der Waals surface area contributed by atoms with Crippen LogP contribution >= 0.6 is 28.1 Å². The van der Waals surface area contributed by atoms with Crippen molar-refractivity contribution in [1.82, 2.24) is 4.98 Å². The van der Waals surface area contributed by atoms with Crippen molar-refractivity contribution in [2.24, 2.45) is 5.73 Å². The lowest BCUT2D eigenvalue weighted by Gasteiger charge is -2.06. The predicted molar refractivity (Wildman–Crippen MR) is 74.3 cm³/mol. The van der Waals surface area contributed by atoms with E-state index in [2.05, 4.69) is 20.9 Å². The first kappa shape index (κ1) is 12.0. The lowest BCUT2D eigenvalue weighted by Crippen LogP contribution is -2.09. The van der Waals surface area contributed by atoms with Crippen LogP contribution in [0.1, 0.15) is 5.56 Å². The molecule has 0 spiro atoms. The molecule has 0 amide bonds. The number of pyridine rings is 1. The minimum atomic E-state index is 0.325. The van der Waals surface area contributed by atoms with E-state index < -0.39 is 0 Å². The molecule has 1 aromatic heterocycles. The molecule has 86 valence electrons. The molecular weight excluding hydrogens is 300 g/mol. The van der Waals surface area contributed by atoms with Gasteiger partial charge in [-0.2, -0.15) is 0 Å². The first-order chi connectivity index (χ1) is 8.15. The van der Waals surface area contributed by atoms with Crippen LogP contribution in [-0.4, -0.2) is 9.97 Å². The summed E-state index contributed by atoms with van der Waals surface area (Å²) in [5, 5.41) is 0. The molecule has 3 nitrogen and oxygen atoms in total. The second kappa shape index (κ2) is 5.25. The Hall–Kier alpha value is -1.46. The number of rotatable bonds is 3. The van der Waals surface area contributed by atoms with Gasteiger partial charge in [0.1, 0.15) is 10.7 Å². The number of thiocarbonyl (C=S) groups is 1. The van der Waals surface area contributed by atoms with Crippen molar-refractivity contribution in [2.45, 2.75) is 0 Å². The fourth-order valence-electron chi connectivity index (χ4n) is 1.27. The SMILES string of the molecule is NC(=S)c1ccnc(Oc2cccc(Br)c2)c1. The molecule has 0 radical (unpaired) electrons. The lowest BCUT2D eigenvalue weighted by atomic mass is 10.3. The van der Waals surface area contributed by atoms with Gasteiger partial charge in [-0.15, -0.1) is 0 Å². The Labute approximate surface area is 113 Å². The van der Waals surface area contributed by atoms with E-state index in [1.165, 1.54) is 0 Å². The van der Waals surface area contributed by atoms with E-state index in [1.807, 2.05) is 24.3 Å². The van der Waals surface area contributed by atoms with Crippen molar-refractivity contribution < 1.29 is 4.74 Å². The van der Waals surface area contributed by atoms with Crippen molar-refractivity contribution in [3.05, 3.63) is 52.6 Å². The van der Waals surface area contributed by atoms with Crippen LogP contribution in [0.2, 0.25) is 0 Å². The molecule has 5 heteroatoms. The maximum atomic E-state index is 5.59. The topological polar surface area (TPSA) is 48.1 Å². The number of nitrogens with zero attached hydrogens (tertiary/aromatic N) is 1. The second-order valence-corrected chi connectivity index (χ2v) is 4.66. The standard InChI is InChI=1S/C12H9BrN2OS/c13-9-2-1-3-10(7-9)16-11-6-8(12(14)17)4-5-15-11/h1-7H,(H2,14,17). The number of ether oxygens (including phenoxy) is 1. The zero-order valence-electron chi connectivity index (χ0n) is 8.76. The van der Waals surface area contributed by atoms with Crippen LogP contribution in [0.4, 0.5) is 0 Å². The van der Waals surface area contributed by atoms with Gasteiger partial charge in [0.2, 0.25) is 5.88 Å². The number of nitrogens with two attached hydrogens (primary N) is 1. The molecule has 1 aromatic carbocycles. The lowest BCUT2D eigenvalue weighted by molar-refractivity contribution is 0.462. The average Bonchev–Trinajstić information content (AvgIpc) is 2.29. The summed E-state index contributed by atoms with van der Waals surface area (Å²) >= 11 is 8.27. The molecule has 1 heterocycles. The summed E-state index contributed by atoms with van der Waals surface area (Å²) in [5.74, 6) is 1.17. The Kier molecular flexibility index (Phi) is 3.71. The predicted octanol–water partition coefficient (Wildman–Crippen LogP) is 3.27. The number of aromatic nitrogens is 1. The summed E-state index contributed by atoms with van der Waals surface area (Å²) in [5.41, 5.74) is 6.28. The van der Waals surface area contributed by atoms with Gasteiger partial charge in [0.25, 0.3) is 0 Å². The zero-order chi connectivity index (χ0) is 12.3. The van der Waals surface area contributed by atoms with Crippen LogP contribution in [0.5, 0.6) is 11.6 Å². The van der Waals surface area contributed by atoms with Crippen molar-refractivity contribution >= 4 is 33.1 Å². The summed E-state index contributed by atoms with van der Waals surface area (Å²) in [6.07, 6.45) is 1.61. The van der Waals surface area contributed by atoms with E-state index in [0.29, 0.717) is 16.6 Å². The quantitative estimate of drug-likeness (QED) is 0.884. The van der Waals surface area contributed by atoms with Gasteiger partial charge in [0.15, 0.2) is 0 Å². The van der Waals surface area contributed by atoms with Gasteiger partial charge in [0, 0.05) is 22.3 Å². The summed E-state index contributed by atoms with van der Waals surface area (Å²) in [4.78, 5) is 4.42. The van der Waals surface area contributed by atoms with Crippen LogP contribution in [0.3, 0.4) is 0 Å². The van der Waals surface area contributed by atoms with E-state index in [1.54, 1.807) is 18.3 Å². The molecule has 17 heavy (non-hydrogen) atoms. The molecule has 2 N–H and O–H groups in total. The zero-order valence-corrected chi connectivity index (χ0v) is 11.2. The minimum Gasteiger partial charge on any atom is -0.439 e. The van der Waals surface area contributed by atoms with Gasteiger partial charge < -0.3 is 10.5 Å². The van der Waals surface area contributed by atoms with Gasteiger partial charge in [-0.1, -0.05) is 34.2 Å². The molecule has 0 fully saturated rings. The third-order valence-electron chi connectivity index (χ3n) is 2.04. The Morgan fingerprint density at radius 3 is 2.82 bits per heavy atom. The minimum absolute atomic E-state index is 0.325. The Bertz CT molecular complexity index is 560. The highest BCUT2D eigenvalue weighted by molar-refractivity contribution is 9.10. The van der Waals surface area contributed by atoms with Crippen LogP contribution in [0.25, 0.3) is 0 Å². The Morgan fingerprint density at radius 1 is 1.29 bits per heavy atom. The summed E-state index contributed by atoms with van der Waals surface area (Å²) in [7, 11) is 0. The van der Waals surface area contributed by atoms with Gasteiger partial charge in [-0.25, -0.2) is 4.98 Å². The maximum Gasteiger partial charge on any atom is 0.219 e. The largest absolute Gasteiger partial charge is 0.439 e. The average molecular weight is 309 g/mol. The van der Waals surface area contributed by atoms with Gasteiger partial charge in [-0.3, -0.25) is 0 Å². The number of hydrogen-bond acceptors (Lipinski definition) is 3. The molecule has 0 saturated carbocycles. The fraction of sp³-hybridized carbons (Fsp3) is 0. The van der Waals surface area contributed by atoms with Gasteiger partial charge >= 0.3 is 0 Å². The highest BCUT2D eigenvalue weighted by atomic mass is 79.9. The van der Waals surface area contributed by atoms with E-state index in [0.717, 1.165) is 10.0 Å². The molecule has 0 aliphatic rings. The molecule has 0 bridgehead atoms. The summed E-state index contributed by atoms with van der Waals surface area (Å²) < 4.78 is 6.54. The number of halogens is 1. The van der Waals surface area contributed by atoms with Crippen molar-refractivity contribution in [2.75, 3.05) is 0 Å². The molecular formula is C12H9BrN2OS. The Balaban J connectivity index is 2.24. The maximum absolute atomic E-state index is 5.59. The van der Waals surface area contributed by atoms with Crippen molar-refractivity contribution in [3.8, 4) is 11.6 Å². The third kappa shape index (κ3) is 3.25. The first-order valence-electron chi connectivity index (χ1n) is 4.84. The van der Waals surface area contributed by atoms with Crippen LogP contribution < -0.4 is 10.5 Å². The van der Waals surface area contributed by atoms with E-state index in [4.69, 9.17) is 22.7 Å². The number of benzene rings is 1. The molecule has 0 unspecified atom stereocenters. The van der Waals surface area contributed by atoms with Crippen LogP contribution in [0.15, 0.2) is 47.1 Å². The molecule has 0 atom stereocenters. The van der Waals surface area contributed by atoms with Crippen molar-refractivity contribution in [1.29, 1.82) is 0 Å². The second-order valence-electron chi connectivity index (χ2n) is 3.31. The highest BCUT2D eigenvalue weighted by Gasteiger charge is 2.02. The van der Waals surface area contributed by atoms with Crippen LogP contribution in [-0.2, 0) is 0 Å². The summed E-state index contributed by atoms with van der Waals surface area (Å²) in [6, 6.07) is 11.0. The molecule has 0 aliphatic heterocycles. The monoisotopic (exact) mass is 308 g/mol. The molecule has 2 aromatic rings. The first-order valence-corrected chi connectivity index (χ1v) is 6.04. The Morgan fingerprint density at radius 2 is 2.12 bits per heavy atom. The fourth-order valence-corrected chi connectivity index (χ4v) is 1.77. The van der Waals surface area contributed by atoms with Gasteiger partial charge in [-0.05, 0) is 24.3 Å². The highest BCUT2D eigenvalue weighted by Crippen LogP contribution is 2.23. The molecule has 2 rings (SSSR count). The van der Waals surface area contributed by atoms with E-state index in [-0.39, 0.29) is 0 Å². The van der Waals surface area contributed by atoms with Gasteiger partial charge in [0.05, 0.1) is 0 Å². The van der Waals surface area contributed by atoms with E-state index >= 15 is 0 Å². The number of hydrogen-bond donors (Lipinski definition) is 1. The smallest absolute Gasteiger partial charge is 0.219 e. The summed E-state index contributed by atoms with van der Waals surface area (Å²) in [6.45, 7) is 0. The third-order valence-corrected chi connectivity index (χ3v) is 2.77.